The maximum Gasteiger partial charge on any atom is 0.329 e. The summed E-state index contributed by atoms with van der Waals surface area (Å²) in [5, 5.41) is 10.5. The Hall–Kier alpha value is -1.39. The van der Waals surface area contributed by atoms with Gasteiger partial charge in [-0.1, -0.05) is 13.8 Å². The van der Waals surface area contributed by atoms with Crippen molar-refractivity contribution < 1.29 is 9.72 Å². The maximum atomic E-state index is 11.4. The van der Waals surface area contributed by atoms with E-state index < -0.39 is 10.8 Å². The van der Waals surface area contributed by atoms with Gasteiger partial charge in [0.05, 0.1) is 4.92 Å². The Morgan fingerprint density at radius 1 is 1.53 bits per heavy atom. The van der Waals surface area contributed by atoms with Gasteiger partial charge in [0.15, 0.2) is 0 Å². The minimum Gasteiger partial charge on any atom is -0.334 e. The first-order chi connectivity index (χ1) is 7.16. The van der Waals surface area contributed by atoms with Crippen molar-refractivity contribution in [2.24, 2.45) is 0 Å². The van der Waals surface area contributed by atoms with Gasteiger partial charge in [0, 0.05) is 13.1 Å². The van der Waals surface area contributed by atoms with Gasteiger partial charge in [0.25, 0.3) is 0 Å². The average Bonchev–Trinajstić information content (AvgIpc) is 2.42. The van der Waals surface area contributed by atoms with Crippen LogP contribution in [0.1, 0.15) is 33.6 Å². The zero-order valence-electron chi connectivity index (χ0n) is 9.52. The smallest absolute Gasteiger partial charge is 0.329 e. The van der Waals surface area contributed by atoms with Crippen LogP contribution in [0, 0.1) is 10.1 Å². The highest BCUT2D eigenvalue weighted by Gasteiger charge is 2.27. The number of carbonyl (C=O) groups is 1. The number of rotatable bonds is 2. The molecule has 1 aliphatic heterocycles. The van der Waals surface area contributed by atoms with Crippen LogP contribution >= 0.6 is 0 Å². The molecule has 0 fully saturated rings. The SMILES string of the molecule is CC.CCN1CCCC=C([N+](=O)[O-])C1=O. The quantitative estimate of drug-likeness (QED) is 0.520. The van der Waals surface area contributed by atoms with Gasteiger partial charge in [0.2, 0.25) is 0 Å². The first-order valence-corrected chi connectivity index (χ1v) is 5.30. The molecule has 0 spiro atoms. The van der Waals surface area contributed by atoms with E-state index in [0.29, 0.717) is 19.5 Å². The summed E-state index contributed by atoms with van der Waals surface area (Å²) in [6, 6.07) is 0. The number of nitrogens with zero attached hydrogens (tertiary/aromatic N) is 2. The fourth-order valence-corrected chi connectivity index (χ4v) is 1.33. The molecule has 0 aromatic heterocycles. The van der Waals surface area contributed by atoms with E-state index in [4.69, 9.17) is 0 Å². The minimum atomic E-state index is -0.601. The fourth-order valence-electron chi connectivity index (χ4n) is 1.33. The number of carbonyl (C=O) groups excluding carboxylic acids is 1. The van der Waals surface area contributed by atoms with Crippen molar-refractivity contribution in [3.8, 4) is 0 Å². The largest absolute Gasteiger partial charge is 0.334 e. The summed E-state index contributed by atoms with van der Waals surface area (Å²) < 4.78 is 0. The van der Waals surface area contributed by atoms with Gasteiger partial charge in [-0.2, -0.15) is 0 Å². The number of nitro groups is 1. The van der Waals surface area contributed by atoms with Crippen LogP contribution in [-0.2, 0) is 4.79 Å². The second kappa shape index (κ2) is 6.98. The van der Waals surface area contributed by atoms with Crippen molar-refractivity contribution in [1.29, 1.82) is 0 Å². The fraction of sp³-hybridized carbons (Fsp3) is 0.700. The van der Waals surface area contributed by atoms with E-state index in [1.54, 1.807) is 0 Å². The Morgan fingerprint density at radius 2 is 2.13 bits per heavy atom. The normalized spacial score (nSPS) is 16.1. The predicted molar refractivity (Wildman–Crippen MR) is 57.9 cm³/mol. The lowest BCUT2D eigenvalue weighted by atomic mass is 10.3. The number of amides is 1. The maximum absolute atomic E-state index is 11.4. The Labute approximate surface area is 89.9 Å². The van der Waals surface area contributed by atoms with Gasteiger partial charge in [-0.05, 0) is 25.8 Å². The third-order valence-electron chi connectivity index (χ3n) is 2.05. The van der Waals surface area contributed by atoms with Crippen LogP contribution in [0.25, 0.3) is 0 Å². The molecule has 0 atom stereocenters. The van der Waals surface area contributed by atoms with E-state index in [-0.39, 0.29) is 5.70 Å². The topological polar surface area (TPSA) is 63.4 Å². The molecule has 0 saturated heterocycles. The van der Waals surface area contributed by atoms with Gasteiger partial charge in [-0.15, -0.1) is 0 Å². The van der Waals surface area contributed by atoms with E-state index in [2.05, 4.69) is 0 Å². The molecule has 15 heavy (non-hydrogen) atoms. The summed E-state index contributed by atoms with van der Waals surface area (Å²) in [6.07, 6.45) is 2.83. The van der Waals surface area contributed by atoms with Crippen molar-refractivity contribution in [2.45, 2.75) is 33.6 Å². The standard InChI is InChI=1S/C8H12N2O3.C2H6/c1-2-9-6-4-3-5-7(8(9)11)10(12)13;1-2/h5H,2-4,6H2,1H3;1-2H3. The molecular formula is C10H18N2O3. The van der Waals surface area contributed by atoms with Gasteiger partial charge in [-0.25, -0.2) is 0 Å². The lowest BCUT2D eigenvalue weighted by molar-refractivity contribution is -0.420. The summed E-state index contributed by atoms with van der Waals surface area (Å²) in [7, 11) is 0. The molecule has 5 nitrogen and oxygen atoms in total. The Bertz CT molecular complexity index is 261. The highest BCUT2D eigenvalue weighted by molar-refractivity contribution is 5.91. The molecule has 86 valence electrons. The first kappa shape index (κ1) is 13.6. The molecular weight excluding hydrogens is 196 g/mol. The van der Waals surface area contributed by atoms with Crippen molar-refractivity contribution in [1.82, 2.24) is 4.90 Å². The molecule has 1 amide bonds. The van der Waals surface area contributed by atoms with Crippen LogP contribution in [0.5, 0.6) is 0 Å². The highest BCUT2D eigenvalue weighted by atomic mass is 16.6. The lowest BCUT2D eigenvalue weighted by Gasteiger charge is -2.16. The van der Waals surface area contributed by atoms with E-state index in [1.807, 2.05) is 20.8 Å². The van der Waals surface area contributed by atoms with Crippen molar-refractivity contribution >= 4 is 5.91 Å². The molecule has 1 aliphatic rings. The molecule has 1 rings (SSSR count). The second-order valence-corrected chi connectivity index (χ2v) is 2.87. The Morgan fingerprint density at radius 3 is 2.60 bits per heavy atom. The van der Waals surface area contributed by atoms with Gasteiger partial charge in [0.1, 0.15) is 0 Å². The molecule has 0 aromatic carbocycles. The molecule has 5 heteroatoms. The minimum absolute atomic E-state index is 0.278. The van der Waals surface area contributed by atoms with E-state index in [9.17, 15) is 14.9 Å². The van der Waals surface area contributed by atoms with Crippen LogP contribution < -0.4 is 0 Å². The summed E-state index contributed by atoms with van der Waals surface area (Å²) in [5.74, 6) is -0.454. The third kappa shape index (κ3) is 3.69. The third-order valence-corrected chi connectivity index (χ3v) is 2.05. The summed E-state index contributed by atoms with van der Waals surface area (Å²) in [5.41, 5.74) is -0.278. The van der Waals surface area contributed by atoms with Gasteiger partial charge in [-0.3, -0.25) is 14.9 Å². The summed E-state index contributed by atoms with van der Waals surface area (Å²) >= 11 is 0. The monoisotopic (exact) mass is 214 g/mol. The van der Waals surface area contributed by atoms with Crippen LogP contribution in [0.15, 0.2) is 11.8 Å². The van der Waals surface area contributed by atoms with Crippen molar-refractivity contribution in [3.05, 3.63) is 21.9 Å². The number of likely N-dealkylation sites (N-methyl/N-ethyl adjacent to an activating group) is 1. The van der Waals surface area contributed by atoms with E-state index >= 15 is 0 Å². The van der Waals surface area contributed by atoms with Crippen molar-refractivity contribution in [3.63, 3.8) is 0 Å². The molecule has 0 radical (unpaired) electrons. The van der Waals surface area contributed by atoms with E-state index in [1.165, 1.54) is 11.0 Å². The van der Waals surface area contributed by atoms with Crippen LogP contribution in [0.3, 0.4) is 0 Å². The number of hydrogen-bond acceptors (Lipinski definition) is 3. The van der Waals surface area contributed by atoms with Crippen LogP contribution in [0.4, 0.5) is 0 Å². The van der Waals surface area contributed by atoms with Gasteiger partial charge < -0.3 is 4.90 Å². The van der Waals surface area contributed by atoms with E-state index in [0.717, 1.165) is 6.42 Å². The molecule has 0 N–H and O–H groups in total. The average molecular weight is 214 g/mol. The number of allylic oxidation sites excluding steroid dienone is 1. The second-order valence-electron chi connectivity index (χ2n) is 2.87. The molecule has 0 aliphatic carbocycles. The molecule has 0 bridgehead atoms. The van der Waals surface area contributed by atoms with Crippen LogP contribution in [-0.4, -0.2) is 28.8 Å². The molecule has 1 heterocycles. The molecule has 0 unspecified atom stereocenters. The highest BCUT2D eigenvalue weighted by Crippen LogP contribution is 2.11. The summed E-state index contributed by atoms with van der Waals surface area (Å²) in [4.78, 5) is 22.8. The Kier molecular flexibility index (Phi) is 6.33. The molecule has 0 aromatic rings. The predicted octanol–water partition coefficient (Wildman–Crippen LogP) is 1.82. The van der Waals surface area contributed by atoms with Crippen LogP contribution in [0.2, 0.25) is 0 Å². The van der Waals surface area contributed by atoms with Gasteiger partial charge >= 0.3 is 11.6 Å². The zero-order valence-corrected chi connectivity index (χ0v) is 9.52. The Balaban J connectivity index is 0.000000921. The summed E-state index contributed by atoms with van der Waals surface area (Å²) in [6.45, 7) is 6.97. The number of hydrogen-bond donors (Lipinski definition) is 0. The lowest BCUT2D eigenvalue weighted by Crippen LogP contribution is -2.33. The molecule has 0 saturated carbocycles. The first-order valence-electron chi connectivity index (χ1n) is 5.30. The van der Waals surface area contributed by atoms with Crippen molar-refractivity contribution in [2.75, 3.05) is 13.1 Å². The zero-order chi connectivity index (χ0) is 11.8.